The SMILES string of the molecule is CON(C)S(=O)(=O)c1ccc(C(=O)OCC(=O)NC[C@H]2CCCO2)cc1. The second-order valence-corrected chi connectivity index (χ2v) is 7.57. The van der Waals surface area contributed by atoms with E-state index in [-0.39, 0.29) is 16.6 Å². The van der Waals surface area contributed by atoms with E-state index in [2.05, 4.69) is 10.2 Å². The second kappa shape index (κ2) is 9.08. The molecule has 1 atom stereocenters. The monoisotopic (exact) mass is 386 g/mol. The molecule has 2 rings (SSSR count). The van der Waals surface area contributed by atoms with Crippen LogP contribution in [0.4, 0.5) is 0 Å². The van der Waals surface area contributed by atoms with Crippen molar-refractivity contribution in [2.75, 3.05) is 33.9 Å². The Kier molecular flexibility index (Phi) is 7.09. The number of ether oxygens (including phenoxy) is 2. The lowest BCUT2D eigenvalue weighted by Gasteiger charge is -2.14. The summed E-state index contributed by atoms with van der Waals surface area (Å²) in [6.45, 7) is 0.662. The lowest BCUT2D eigenvalue weighted by atomic mass is 10.2. The molecule has 144 valence electrons. The van der Waals surface area contributed by atoms with Crippen LogP contribution in [0, 0.1) is 0 Å². The highest BCUT2D eigenvalue weighted by Crippen LogP contribution is 2.15. The Hall–Kier alpha value is -2.01. The van der Waals surface area contributed by atoms with E-state index in [1.165, 1.54) is 38.4 Å². The van der Waals surface area contributed by atoms with E-state index < -0.39 is 28.5 Å². The molecule has 0 unspecified atom stereocenters. The second-order valence-electron chi connectivity index (χ2n) is 5.64. The number of carbonyl (C=O) groups excluding carboxylic acids is 2. The van der Waals surface area contributed by atoms with E-state index in [9.17, 15) is 18.0 Å². The lowest BCUT2D eigenvalue weighted by molar-refractivity contribution is -0.124. The van der Waals surface area contributed by atoms with Crippen molar-refractivity contribution in [2.45, 2.75) is 23.8 Å². The van der Waals surface area contributed by atoms with E-state index in [0.717, 1.165) is 12.8 Å². The van der Waals surface area contributed by atoms with Gasteiger partial charge in [0.05, 0.1) is 23.7 Å². The van der Waals surface area contributed by atoms with Gasteiger partial charge in [-0.25, -0.2) is 13.2 Å². The molecule has 26 heavy (non-hydrogen) atoms. The molecule has 0 spiro atoms. The molecular formula is C16H22N2O7S. The first kappa shape index (κ1) is 20.3. The van der Waals surface area contributed by atoms with Crippen LogP contribution < -0.4 is 5.32 Å². The van der Waals surface area contributed by atoms with Crippen molar-refractivity contribution < 1.29 is 32.3 Å². The van der Waals surface area contributed by atoms with Crippen LogP contribution >= 0.6 is 0 Å². The van der Waals surface area contributed by atoms with Gasteiger partial charge in [-0.1, -0.05) is 4.47 Å². The number of amides is 1. The molecule has 1 heterocycles. The summed E-state index contributed by atoms with van der Waals surface area (Å²) < 4.78 is 35.1. The Bertz CT molecular complexity index is 727. The van der Waals surface area contributed by atoms with Gasteiger partial charge in [0.15, 0.2) is 6.61 Å². The molecule has 10 heteroatoms. The Labute approximate surface area is 152 Å². The van der Waals surface area contributed by atoms with Crippen LogP contribution in [0.3, 0.4) is 0 Å². The highest BCUT2D eigenvalue weighted by Gasteiger charge is 2.21. The smallest absolute Gasteiger partial charge is 0.338 e. The zero-order valence-corrected chi connectivity index (χ0v) is 15.5. The van der Waals surface area contributed by atoms with E-state index in [1.807, 2.05) is 0 Å². The molecule has 0 saturated carbocycles. The van der Waals surface area contributed by atoms with Gasteiger partial charge >= 0.3 is 5.97 Å². The molecule has 1 aliphatic heterocycles. The summed E-state index contributed by atoms with van der Waals surface area (Å²) in [4.78, 5) is 28.3. The third kappa shape index (κ3) is 5.24. The van der Waals surface area contributed by atoms with Gasteiger partial charge in [-0.3, -0.25) is 9.63 Å². The van der Waals surface area contributed by atoms with Crippen LogP contribution in [-0.2, 0) is 29.1 Å². The molecule has 1 fully saturated rings. The fourth-order valence-electron chi connectivity index (χ4n) is 2.31. The van der Waals surface area contributed by atoms with Crippen LogP contribution in [-0.4, -0.2) is 64.8 Å². The minimum absolute atomic E-state index is 0.00868. The van der Waals surface area contributed by atoms with Gasteiger partial charge < -0.3 is 14.8 Å². The van der Waals surface area contributed by atoms with Crippen molar-refractivity contribution in [3.8, 4) is 0 Å². The number of hydroxylamine groups is 1. The van der Waals surface area contributed by atoms with Gasteiger partial charge in [-0.05, 0) is 37.1 Å². The van der Waals surface area contributed by atoms with E-state index in [4.69, 9.17) is 9.47 Å². The van der Waals surface area contributed by atoms with Gasteiger partial charge in [-0.2, -0.15) is 0 Å². The average Bonchev–Trinajstić information content (AvgIpc) is 3.17. The average molecular weight is 386 g/mol. The maximum Gasteiger partial charge on any atom is 0.338 e. The molecule has 0 aliphatic carbocycles. The molecule has 1 aromatic carbocycles. The van der Waals surface area contributed by atoms with E-state index in [1.54, 1.807) is 0 Å². The minimum Gasteiger partial charge on any atom is -0.452 e. The molecule has 1 amide bonds. The van der Waals surface area contributed by atoms with Crippen LogP contribution in [0.1, 0.15) is 23.2 Å². The molecular weight excluding hydrogens is 364 g/mol. The fourth-order valence-corrected chi connectivity index (χ4v) is 3.28. The number of nitrogens with zero attached hydrogens (tertiary/aromatic N) is 1. The number of hydrogen-bond acceptors (Lipinski definition) is 7. The predicted molar refractivity (Wildman–Crippen MR) is 90.7 cm³/mol. The molecule has 9 nitrogen and oxygen atoms in total. The molecule has 1 saturated heterocycles. The van der Waals surface area contributed by atoms with Gasteiger partial charge in [0.2, 0.25) is 0 Å². The van der Waals surface area contributed by atoms with Crippen molar-refractivity contribution in [3.63, 3.8) is 0 Å². The summed E-state index contributed by atoms with van der Waals surface area (Å²) in [7, 11) is -1.30. The summed E-state index contributed by atoms with van der Waals surface area (Å²) in [6, 6.07) is 5.14. The summed E-state index contributed by atoms with van der Waals surface area (Å²) in [6.07, 6.45) is 1.88. The zero-order valence-electron chi connectivity index (χ0n) is 14.6. The molecule has 0 radical (unpaired) electrons. The number of benzene rings is 1. The van der Waals surface area contributed by atoms with Crippen LogP contribution in [0.2, 0.25) is 0 Å². The summed E-state index contributed by atoms with van der Waals surface area (Å²) in [5, 5.41) is 2.64. The first-order chi connectivity index (χ1) is 12.3. The van der Waals surface area contributed by atoms with Crippen molar-refractivity contribution in [3.05, 3.63) is 29.8 Å². The zero-order chi connectivity index (χ0) is 19.2. The van der Waals surface area contributed by atoms with Gasteiger partial charge in [0.1, 0.15) is 0 Å². The number of carbonyl (C=O) groups is 2. The summed E-state index contributed by atoms with van der Waals surface area (Å²) >= 11 is 0. The number of nitrogens with one attached hydrogen (secondary N) is 1. The number of esters is 1. The van der Waals surface area contributed by atoms with Crippen molar-refractivity contribution in [1.82, 2.24) is 9.79 Å². The maximum atomic E-state index is 12.1. The summed E-state index contributed by atoms with van der Waals surface area (Å²) in [5.41, 5.74) is 0.135. The van der Waals surface area contributed by atoms with Crippen LogP contribution in [0.5, 0.6) is 0 Å². The molecule has 1 aliphatic rings. The lowest BCUT2D eigenvalue weighted by Crippen LogP contribution is -2.34. The highest BCUT2D eigenvalue weighted by molar-refractivity contribution is 7.89. The van der Waals surface area contributed by atoms with Gasteiger partial charge in [-0.15, -0.1) is 0 Å². The Balaban J connectivity index is 1.84. The first-order valence-electron chi connectivity index (χ1n) is 8.03. The standard InChI is InChI=1S/C16H22N2O7S/c1-18(23-2)26(21,22)14-7-5-12(6-8-14)16(20)25-11-15(19)17-10-13-4-3-9-24-13/h5-8,13H,3-4,9-11H2,1-2H3,(H,17,19)/t13-/m1/s1. The maximum absolute atomic E-state index is 12.1. The Morgan fingerprint density at radius 2 is 2.00 bits per heavy atom. The Morgan fingerprint density at radius 1 is 1.31 bits per heavy atom. The summed E-state index contributed by atoms with van der Waals surface area (Å²) in [5.74, 6) is -1.14. The molecule has 0 aromatic heterocycles. The number of rotatable bonds is 8. The van der Waals surface area contributed by atoms with Gasteiger partial charge in [0.25, 0.3) is 15.9 Å². The van der Waals surface area contributed by atoms with Crippen LogP contribution in [0.25, 0.3) is 0 Å². The highest BCUT2D eigenvalue weighted by atomic mass is 32.2. The minimum atomic E-state index is -3.79. The Morgan fingerprint density at radius 3 is 2.58 bits per heavy atom. The molecule has 1 N–H and O–H groups in total. The quantitative estimate of drug-likeness (QED) is 0.506. The molecule has 1 aromatic rings. The fraction of sp³-hybridized carbons (Fsp3) is 0.500. The van der Waals surface area contributed by atoms with Crippen molar-refractivity contribution in [1.29, 1.82) is 0 Å². The number of sulfonamides is 1. The van der Waals surface area contributed by atoms with Crippen molar-refractivity contribution in [2.24, 2.45) is 0 Å². The normalized spacial score (nSPS) is 17.3. The first-order valence-corrected chi connectivity index (χ1v) is 9.47. The third-order valence-corrected chi connectivity index (χ3v) is 5.56. The van der Waals surface area contributed by atoms with Crippen LogP contribution in [0.15, 0.2) is 29.2 Å². The number of hydrogen-bond donors (Lipinski definition) is 1. The predicted octanol–water partition coefficient (Wildman–Crippen LogP) is 0.321. The largest absolute Gasteiger partial charge is 0.452 e. The third-order valence-electron chi connectivity index (χ3n) is 3.87. The van der Waals surface area contributed by atoms with E-state index in [0.29, 0.717) is 17.6 Å². The van der Waals surface area contributed by atoms with Gasteiger partial charge in [0, 0.05) is 20.2 Å². The molecule has 0 bridgehead atoms. The van der Waals surface area contributed by atoms with E-state index >= 15 is 0 Å². The topological polar surface area (TPSA) is 111 Å². The van der Waals surface area contributed by atoms with Crippen molar-refractivity contribution >= 4 is 21.9 Å².